The van der Waals surface area contributed by atoms with Crippen LogP contribution in [0.3, 0.4) is 0 Å². The van der Waals surface area contributed by atoms with E-state index >= 15 is 0 Å². The minimum Gasteiger partial charge on any atom is -0.378 e. The molecule has 4 heterocycles. The molecule has 5 rings (SSSR count). The van der Waals surface area contributed by atoms with Gasteiger partial charge in [-0.2, -0.15) is 10.2 Å². The van der Waals surface area contributed by atoms with Gasteiger partial charge in [0.25, 0.3) is 5.91 Å². The summed E-state index contributed by atoms with van der Waals surface area (Å²) in [6, 6.07) is 1.96. The molecule has 0 unspecified atom stereocenters. The molecule has 1 fully saturated rings. The standard InChI is InChI=1S/C20H20N8O2S/c1-2-30-14-6-13(7-14)28-10-15(17(27-28)18-21-4-3-5-22-18)25-19(29)16-11-31-20(26-16)12-8-23-24-9-12/h3-5,8-11,13-14H,2,6-7H2,1H3,(H,23,24)(H,25,29)/t13-,14-. The van der Waals surface area contributed by atoms with Crippen LogP contribution in [0.2, 0.25) is 0 Å². The van der Waals surface area contributed by atoms with Gasteiger partial charge in [0.05, 0.1) is 24.0 Å². The van der Waals surface area contributed by atoms with E-state index in [4.69, 9.17) is 4.74 Å². The summed E-state index contributed by atoms with van der Waals surface area (Å²) in [4.78, 5) is 25.9. The molecule has 11 heteroatoms. The van der Waals surface area contributed by atoms with E-state index in [0.717, 1.165) is 23.4 Å². The van der Waals surface area contributed by atoms with Crippen LogP contribution in [-0.2, 0) is 4.74 Å². The van der Waals surface area contributed by atoms with Crippen molar-refractivity contribution in [1.82, 2.24) is 34.9 Å². The van der Waals surface area contributed by atoms with Gasteiger partial charge >= 0.3 is 0 Å². The number of nitrogens with one attached hydrogen (secondary N) is 2. The van der Waals surface area contributed by atoms with Gasteiger partial charge in [0.1, 0.15) is 10.7 Å². The Bertz CT molecular complexity index is 1170. The first-order valence-electron chi connectivity index (χ1n) is 9.95. The highest BCUT2D eigenvalue weighted by Gasteiger charge is 2.33. The van der Waals surface area contributed by atoms with Crippen LogP contribution >= 0.6 is 11.3 Å². The van der Waals surface area contributed by atoms with Crippen LogP contribution < -0.4 is 5.32 Å². The van der Waals surface area contributed by atoms with E-state index in [1.54, 1.807) is 36.2 Å². The van der Waals surface area contributed by atoms with Gasteiger partial charge in [0.15, 0.2) is 11.5 Å². The number of H-pyrrole nitrogens is 1. The number of amides is 1. The molecule has 0 aromatic carbocycles. The van der Waals surface area contributed by atoms with Crippen LogP contribution in [0.4, 0.5) is 5.69 Å². The number of carbonyl (C=O) groups excluding carboxylic acids is 1. The zero-order valence-corrected chi connectivity index (χ0v) is 17.5. The fraction of sp³-hybridized carbons (Fsp3) is 0.300. The van der Waals surface area contributed by atoms with E-state index in [9.17, 15) is 4.79 Å². The van der Waals surface area contributed by atoms with Crippen molar-refractivity contribution in [2.24, 2.45) is 0 Å². The Morgan fingerprint density at radius 1 is 1.35 bits per heavy atom. The Morgan fingerprint density at radius 2 is 2.19 bits per heavy atom. The SMILES string of the molecule is CCO[C@H]1C[C@H](n2cc(NC(=O)c3csc(-c4cn[nH]c4)n3)c(-c3ncccn3)n2)C1. The second-order valence-corrected chi connectivity index (χ2v) is 7.98. The van der Waals surface area contributed by atoms with Gasteiger partial charge in [0, 0.05) is 42.3 Å². The van der Waals surface area contributed by atoms with Crippen molar-refractivity contribution in [2.45, 2.75) is 31.9 Å². The fourth-order valence-electron chi connectivity index (χ4n) is 3.45. The zero-order valence-electron chi connectivity index (χ0n) is 16.7. The Hall–Kier alpha value is -3.44. The van der Waals surface area contributed by atoms with Crippen LogP contribution in [0.1, 0.15) is 36.3 Å². The molecule has 4 aromatic rings. The van der Waals surface area contributed by atoms with Crippen molar-refractivity contribution in [3.63, 3.8) is 0 Å². The average Bonchev–Trinajstić information content (AvgIpc) is 3.51. The van der Waals surface area contributed by atoms with Gasteiger partial charge in [-0.05, 0) is 25.8 Å². The van der Waals surface area contributed by atoms with Crippen molar-refractivity contribution in [2.75, 3.05) is 11.9 Å². The second kappa shape index (κ2) is 8.36. The molecule has 0 spiro atoms. The molecule has 0 saturated heterocycles. The lowest BCUT2D eigenvalue weighted by atomic mass is 9.89. The summed E-state index contributed by atoms with van der Waals surface area (Å²) in [5.74, 6) is 0.137. The number of hydrogen-bond donors (Lipinski definition) is 2. The van der Waals surface area contributed by atoms with Gasteiger partial charge < -0.3 is 10.1 Å². The summed E-state index contributed by atoms with van der Waals surface area (Å²) in [5, 5.41) is 16.7. The fourth-order valence-corrected chi connectivity index (χ4v) is 4.23. The maximum absolute atomic E-state index is 12.9. The molecule has 0 atom stereocenters. The summed E-state index contributed by atoms with van der Waals surface area (Å²) in [6.45, 7) is 2.70. The number of nitrogens with zero attached hydrogens (tertiary/aromatic N) is 6. The lowest BCUT2D eigenvalue weighted by molar-refractivity contribution is -0.0226. The molecular formula is C20H20N8O2S. The van der Waals surface area contributed by atoms with Gasteiger partial charge in [-0.1, -0.05) is 0 Å². The average molecular weight is 437 g/mol. The summed E-state index contributed by atoms with van der Waals surface area (Å²) in [7, 11) is 0. The highest BCUT2D eigenvalue weighted by molar-refractivity contribution is 7.13. The van der Waals surface area contributed by atoms with Gasteiger partial charge in [-0.25, -0.2) is 15.0 Å². The molecule has 2 N–H and O–H groups in total. The number of aromatic nitrogens is 7. The first-order chi connectivity index (χ1) is 15.2. The minimum atomic E-state index is -0.316. The van der Waals surface area contributed by atoms with Gasteiger partial charge in [0.2, 0.25) is 0 Å². The molecule has 10 nitrogen and oxygen atoms in total. The Morgan fingerprint density at radius 3 is 2.94 bits per heavy atom. The summed E-state index contributed by atoms with van der Waals surface area (Å²) in [6.07, 6.45) is 10.6. The van der Waals surface area contributed by atoms with Crippen molar-refractivity contribution in [3.8, 4) is 22.1 Å². The molecule has 0 bridgehead atoms. The molecule has 1 saturated carbocycles. The maximum Gasteiger partial charge on any atom is 0.275 e. The molecule has 1 aliphatic carbocycles. The third kappa shape index (κ3) is 3.97. The van der Waals surface area contributed by atoms with E-state index in [1.807, 2.05) is 17.8 Å². The number of ether oxygens (including phenoxy) is 1. The van der Waals surface area contributed by atoms with Crippen molar-refractivity contribution >= 4 is 22.9 Å². The van der Waals surface area contributed by atoms with E-state index in [-0.39, 0.29) is 18.1 Å². The Balaban J connectivity index is 1.39. The summed E-state index contributed by atoms with van der Waals surface area (Å²) in [5.41, 5.74) is 2.24. The van der Waals surface area contributed by atoms with E-state index in [0.29, 0.717) is 29.5 Å². The number of rotatable bonds is 7. The van der Waals surface area contributed by atoms with Crippen LogP contribution in [-0.4, -0.2) is 53.5 Å². The van der Waals surface area contributed by atoms with Crippen molar-refractivity contribution in [3.05, 3.63) is 48.1 Å². The lowest BCUT2D eigenvalue weighted by Gasteiger charge is -2.34. The number of aromatic amines is 1. The third-order valence-electron chi connectivity index (χ3n) is 5.09. The van der Waals surface area contributed by atoms with Gasteiger partial charge in [-0.3, -0.25) is 14.6 Å². The minimum absolute atomic E-state index is 0.219. The first kappa shape index (κ1) is 19.5. The quantitative estimate of drug-likeness (QED) is 0.456. The molecule has 0 aliphatic heterocycles. The third-order valence-corrected chi connectivity index (χ3v) is 5.98. The number of thiazole rings is 1. The van der Waals surface area contributed by atoms with Crippen LogP contribution in [0, 0.1) is 0 Å². The highest BCUT2D eigenvalue weighted by atomic mass is 32.1. The molecule has 1 aliphatic rings. The summed E-state index contributed by atoms with van der Waals surface area (Å²) >= 11 is 1.38. The van der Waals surface area contributed by atoms with E-state index < -0.39 is 0 Å². The lowest BCUT2D eigenvalue weighted by Crippen LogP contribution is -2.33. The van der Waals surface area contributed by atoms with Crippen molar-refractivity contribution < 1.29 is 9.53 Å². The van der Waals surface area contributed by atoms with Crippen molar-refractivity contribution in [1.29, 1.82) is 0 Å². The largest absolute Gasteiger partial charge is 0.378 e. The topological polar surface area (TPSA) is 124 Å². The predicted octanol–water partition coefficient (Wildman–Crippen LogP) is 3.18. The molecular weight excluding hydrogens is 416 g/mol. The number of carbonyl (C=O) groups is 1. The Labute approximate surface area is 181 Å². The monoisotopic (exact) mass is 436 g/mol. The highest BCUT2D eigenvalue weighted by Crippen LogP contribution is 2.36. The normalized spacial score (nSPS) is 18.0. The van der Waals surface area contributed by atoms with E-state index in [1.165, 1.54) is 11.3 Å². The van der Waals surface area contributed by atoms with E-state index in [2.05, 4.69) is 35.6 Å². The number of anilines is 1. The zero-order chi connectivity index (χ0) is 21.2. The predicted molar refractivity (Wildman–Crippen MR) is 115 cm³/mol. The molecule has 1 amide bonds. The summed E-state index contributed by atoms with van der Waals surface area (Å²) < 4.78 is 7.53. The smallest absolute Gasteiger partial charge is 0.275 e. The first-order valence-corrected chi connectivity index (χ1v) is 10.8. The molecule has 4 aromatic heterocycles. The van der Waals surface area contributed by atoms with Crippen LogP contribution in [0.25, 0.3) is 22.1 Å². The number of hydrogen-bond acceptors (Lipinski definition) is 8. The molecule has 158 valence electrons. The molecule has 31 heavy (non-hydrogen) atoms. The molecule has 0 radical (unpaired) electrons. The van der Waals surface area contributed by atoms with Crippen LogP contribution in [0.15, 0.2) is 42.4 Å². The van der Waals surface area contributed by atoms with Gasteiger partial charge in [-0.15, -0.1) is 11.3 Å². The Kier molecular flexibility index (Phi) is 5.26. The van der Waals surface area contributed by atoms with Crippen LogP contribution in [0.5, 0.6) is 0 Å². The second-order valence-electron chi connectivity index (χ2n) is 7.13. The maximum atomic E-state index is 12.9.